The Morgan fingerprint density at radius 3 is 2.50 bits per heavy atom. The molecular weight excluding hydrogens is 282 g/mol. The zero-order chi connectivity index (χ0) is 14.8. The molecule has 2 heterocycles. The molecule has 0 aliphatic carbocycles. The van der Waals surface area contributed by atoms with Crippen LogP contribution in [0, 0.1) is 17.2 Å². The monoisotopic (exact) mass is 295 g/mol. The summed E-state index contributed by atoms with van der Waals surface area (Å²) in [4.78, 5) is 14.6. The third kappa shape index (κ3) is 2.79. The minimum atomic E-state index is -3.67. The smallest absolute Gasteiger partial charge is 0.306 e. The molecule has 0 spiro atoms. The first-order valence-corrected chi connectivity index (χ1v) is 7.48. The third-order valence-electron chi connectivity index (χ3n) is 3.29. The highest BCUT2D eigenvalue weighted by Gasteiger charge is 2.32. The SMILES string of the molecule is N#Cc1ccc(S(=O)(=O)N2CCC(C(=O)O)CC2)cn1. The van der Waals surface area contributed by atoms with Crippen LogP contribution in [-0.4, -0.2) is 41.9 Å². The van der Waals surface area contributed by atoms with Gasteiger partial charge in [0.15, 0.2) is 0 Å². The van der Waals surface area contributed by atoms with Gasteiger partial charge in [-0.3, -0.25) is 4.79 Å². The first-order valence-electron chi connectivity index (χ1n) is 6.04. The number of carbonyl (C=O) groups is 1. The van der Waals surface area contributed by atoms with Gasteiger partial charge >= 0.3 is 5.97 Å². The van der Waals surface area contributed by atoms with Crippen LogP contribution in [0.2, 0.25) is 0 Å². The standard InChI is InChI=1S/C12H13N3O4S/c13-7-10-1-2-11(8-14-10)20(18,19)15-5-3-9(4-6-15)12(16)17/h1-2,8-9H,3-6H2,(H,16,17). The van der Waals surface area contributed by atoms with E-state index in [9.17, 15) is 13.2 Å². The fourth-order valence-electron chi connectivity index (χ4n) is 2.09. The van der Waals surface area contributed by atoms with E-state index < -0.39 is 21.9 Å². The highest BCUT2D eigenvalue weighted by Crippen LogP contribution is 2.23. The predicted molar refractivity (Wildman–Crippen MR) is 68.1 cm³/mol. The number of piperidine rings is 1. The van der Waals surface area contributed by atoms with E-state index in [-0.39, 0.29) is 23.7 Å². The highest BCUT2D eigenvalue weighted by molar-refractivity contribution is 7.89. The highest BCUT2D eigenvalue weighted by atomic mass is 32.2. The van der Waals surface area contributed by atoms with Crippen LogP contribution >= 0.6 is 0 Å². The molecule has 1 aliphatic rings. The first-order chi connectivity index (χ1) is 9.45. The lowest BCUT2D eigenvalue weighted by molar-refractivity contribution is -0.142. The van der Waals surface area contributed by atoms with Crippen molar-refractivity contribution < 1.29 is 18.3 Å². The van der Waals surface area contributed by atoms with Crippen molar-refractivity contribution in [2.75, 3.05) is 13.1 Å². The van der Waals surface area contributed by atoms with E-state index in [1.165, 1.54) is 16.4 Å². The maximum Gasteiger partial charge on any atom is 0.306 e. The lowest BCUT2D eigenvalue weighted by atomic mass is 9.99. The molecule has 1 aromatic heterocycles. The van der Waals surface area contributed by atoms with Gasteiger partial charge in [-0.05, 0) is 25.0 Å². The number of pyridine rings is 1. The number of hydrogen-bond acceptors (Lipinski definition) is 5. The Kier molecular flexibility index (Phi) is 4.01. The topological polar surface area (TPSA) is 111 Å². The van der Waals surface area contributed by atoms with Crippen molar-refractivity contribution >= 4 is 16.0 Å². The van der Waals surface area contributed by atoms with Crippen molar-refractivity contribution in [3.8, 4) is 6.07 Å². The van der Waals surface area contributed by atoms with Crippen LogP contribution in [0.15, 0.2) is 23.2 Å². The van der Waals surface area contributed by atoms with Crippen LogP contribution in [0.5, 0.6) is 0 Å². The molecule has 0 unspecified atom stereocenters. The molecule has 0 saturated carbocycles. The Morgan fingerprint density at radius 1 is 1.40 bits per heavy atom. The average molecular weight is 295 g/mol. The Labute approximate surface area is 116 Å². The summed E-state index contributed by atoms with van der Waals surface area (Å²) in [6, 6.07) is 4.50. The molecule has 1 fully saturated rings. The van der Waals surface area contributed by atoms with E-state index in [4.69, 9.17) is 10.4 Å². The molecule has 20 heavy (non-hydrogen) atoms. The molecule has 8 heteroatoms. The number of rotatable bonds is 3. The number of nitrogens with zero attached hydrogens (tertiary/aromatic N) is 3. The molecule has 0 aromatic carbocycles. The van der Waals surface area contributed by atoms with Crippen LogP contribution in [0.1, 0.15) is 18.5 Å². The fourth-order valence-corrected chi connectivity index (χ4v) is 3.51. The van der Waals surface area contributed by atoms with Gasteiger partial charge in [-0.1, -0.05) is 0 Å². The zero-order valence-electron chi connectivity index (χ0n) is 10.6. The summed E-state index contributed by atoms with van der Waals surface area (Å²) in [5, 5.41) is 17.5. The van der Waals surface area contributed by atoms with Crippen LogP contribution in [0.4, 0.5) is 0 Å². The van der Waals surface area contributed by atoms with Crippen molar-refractivity contribution in [1.82, 2.24) is 9.29 Å². The van der Waals surface area contributed by atoms with E-state index in [1.807, 2.05) is 6.07 Å². The quantitative estimate of drug-likeness (QED) is 0.866. The number of nitriles is 1. The molecule has 0 radical (unpaired) electrons. The zero-order valence-corrected chi connectivity index (χ0v) is 11.4. The van der Waals surface area contributed by atoms with Crippen LogP contribution < -0.4 is 0 Å². The second-order valence-electron chi connectivity index (χ2n) is 4.51. The average Bonchev–Trinajstić information content (AvgIpc) is 2.47. The van der Waals surface area contributed by atoms with Crippen molar-refractivity contribution in [2.45, 2.75) is 17.7 Å². The predicted octanol–water partition coefficient (Wildman–Crippen LogP) is 0.439. The van der Waals surface area contributed by atoms with E-state index in [2.05, 4.69) is 4.98 Å². The Morgan fingerprint density at radius 2 is 2.05 bits per heavy atom. The number of hydrogen-bond donors (Lipinski definition) is 1. The minimum absolute atomic E-state index is 0.0188. The van der Waals surface area contributed by atoms with Gasteiger partial charge in [-0.25, -0.2) is 13.4 Å². The van der Waals surface area contributed by atoms with Gasteiger partial charge in [-0.15, -0.1) is 0 Å². The molecule has 2 rings (SSSR count). The second kappa shape index (κ2) is 5.56. The number of aliphatic carboxylic acids is 1. The van der Waals surface area contributed by atoms with Gasteiger partial charge in [0, 0.05) is 19.3 Å². The number of sulfonamides is 1. The maximum atomic E-state index is 12.3. The summed E-state index contributed by atoms with van der Waals surface area (Å²) in [6.45, 7) is 0.360. The minimum Gasteiger partial charge on any atom is -0.481 e. The summed E-state index contributed by atoms with van der Waals surface area (Å²) >= 11 is 0. The molecular formula is C12H13N3O4S. The summed E-state index contributed by atoms with van der Waals surface area (Å²) in [6.07, 6.45) is 1.76. The van der Waals surface area contributed by atoms with Crippen molar-refractivity contribution in [2.24, 2.45) is 5.92 Å². The number of carboxylic acids is 1. The molecule has 1 aromatic rings. The van der Waals surface area contributed by atoms with Gasteiger partial charge in [0.2, 0.25) is 10.0 Å². The molecule has 1 aliphatic heterocycles. The van der Waals surface area contributed by atoms with Gasteiger partial charge in [0.05, 0.1) is 5.92 Å². The van der Waals surface area contributed by atoms with E-state index in [0.717, 1.165) is 6.20 Å². The normalized spacial score (nSPS) is 17.6. The number of aromatic nitrogens is 1. The van der Waals surface area contributed by atoms with Gasteiger partial charge < -0.3 is 5.11 Å². The Bertz CT molecular complexity index is 640. The second-order valence-corrected chi connectivity index (χ2v) is 6.45. The number of carboxylic acid groups (broad SMARTS) is 1. The molecule has 1 saturated heterocycles. The van der Waals surface area contributed by atoms with Crippen molar-refractivity contribution in [3.05, 3.63) is 24.0 Å². The first kappa shape index (κ1) is 14.4. The molecule has 0 amide bonds. The molecule has 1 N–H and O–H groups in total. The van der Waals surface area contributed by atoms with Crippen LogP contribution in [0.3, 0.4) is 0 Å². The molecule has 0 atom stereocenters. The van der Waals surface area contributed by atoms with Gasteiger partial charge in [-0.2, -0.15) is 9.57 Å². The third-order valence-corrected chi connectivity index (χ3v) is 5.17. The van der Waals surface area contributed by atoms with E-state index in [1.54, 1.807) is 0 Å². The van der Waals surface area contributed by atoms with Crippen molar-refractivity contribution in [1.29, 1.82) is 5.26 Å². The maximum absolute atomic E-state index is 12.3. The fraction of sp³-hybridized carbons (Fsp3) is 0.417. The molecule has 0 bridgehead atoms. The summed E-state index contributed by atoms with van der Waals surface area (Å²) in [5.41, 5.74) is 0.147. The molecule has 7 nitrogen and oxygen atoms in total. The Hall–Kier alpha value is -1.98. The van der Waals surface area contributed by atoms with Crippen LogP contribution in [0.25, 0.3) is 0 Å². The Balaban J connectivity index is 2.15. The van der Waals surface area contributed by atoms with E-state index >= 15 is 0 Å². The lowest BCUT2D eigenvalue weighted by Gasteiger charge is -2.29. The lowest BCUT2D eigenvalue weighted by Crippen LogP contribution is -2.40. The summed E-state index contributed by atoms with van der Waals surface area (Å²) < 4.78 is 25.9. The van der Waals surface area contributed by atoms with Gasteiger partial charge in [0.25, 0.3) is 0 Å². The largest absolute Gasteiger partial charge is 0.481 e. The summed E-state index contributed by atoms with van der Waals surface area (Å²) in [5.74, 6) is -1.37. The van der Waals surface area contributed by atoms with Crippen LogP contribution in [-0.2, 0) is 14.8 Å². The van der Waals surface area contributed by atoms with E-state index in [0.29, 0.717) is 12.8 Å². The van der Waals surface area contributed by atoms with Crippen molar-refractivity contribution in [3.63, 3.8) is 0 Å². The summed E-state index contributed by atoms with van der Waals surface area (Å²) in [7, 11) is -3.67. The molecule has 106 valence electrons. The van der Waals surface area contributed by atoms with Gasteiger partial charge in [0.1, 0.15) is 16.7 Å².